The summed E-state index contributed by atoms with van der Waals surface area (Å²) in [6, 6.07) is 9.58. The molecule has 7 atom stereocenters. The van der Waals surface area contributed by atoms with Gasteiger partial charge in [0, 0.05) is 24.4 Å². The summed E-state index contributed by atoms with van der Waals surface area (Å²) in [5, 5.41) is 2.94. The van der Waals surface area contributed by atoms with Crippen LogP contribution in [-0.4, -0.2) is 42.4 Å². The first-order valence-corrected chi connectivity index (χ1v) is 16.7. The van der Waals surface area contributed by atoms with E-state index in [1.54, 1.807) is 0 Å². The number of rotatable bonds is 8. The molecule has 3 aliphatic rings. The SMILES string of the molecule is CC=C1CC2CC(=O)OC(C=CCCCCCC(=O)Nc3ccccc3)C(C)C=CC(C)CC3CCCC(CC(C1)O2)O3. The molecule has 0 saturated carbocycles. The maximum atomic E-state index is 13.2. The fraction of sp³-hybridized carbons (Fsp3) is 0.622. The number of carbonyl (C=O) groups excluding carboxylic acids is 2. The first-order valence-electron chi connectivity index (χ1n) is 16.7. The Morgan fingerprint density at radius 3 is 2.44 bits per heavy atom. The van der Waals surface area contributed by atoms with Gasteiger partial charge in [0.2, 0.25) is 5.91 Å². The van der Waals surface area contributed by atoms with Crippen molar-refractivity contribution in [3.05, 3.63) is 66.3 Å². The van der Waals surface area contributed by atoms with Crippen LogP contribution in [0.2, 0.25) is 0 Å². The number of para-hydroxylation sites is 1. The lowest BCUT2D eigenvalue weighted by atomic mass is 9.90. The number of fused-ring (bicyclic) bond motifs is 4. The molecule has 0 aliphatic carbocycles. The molecule has 1 aromatic rings. The summed E-state index contributed by atoms with van der Waals surface area (Å²) in [6.45, 7) is 6.46. The van der Waals surface area contributed by atoms with Gasteiger partial charge in [-0.25, -0.2) is 0 Å². The van der Waals surface area contributed by atoms with E-state index in [2.05, 4.69) is 56.5 Å². The van der Waals surface area contributed by atoms with Crippen LogP contribution in [0.1, 0.15) is 104 Å². The maximum Gasteiger partial charge on any atom is 0.309 e. The topological polar surface area (TPSA) is 73.9 Å². The van der Waals surface area contributed by atoms with E-state index in [0.29, 0.717) is 18.4 Å². The lowest BCUT2D eigenvalue weighted by Gasteiger charge is -2.37. The Balaban J connectivity index is 1.32. The molecule has 1 N–H and O–H groups in total. The van der Waals surface area contributed by atoms with Crippen molar-refractivity contribution >= 4 is 17.6 Å². The van der Waals surface area contributed by atoms with Gasteiger partial charge in [-0.15, -0.1) is 0 Å². The Kier molecular flexibility index (Phi) is 13.6. The molecular weight excluding hydrogens is 538 g/mol. The van der Waals surface area contributed by atoms with Crippen LogP contribution >= 0.6 is 0 Å². The molecule has 236 valence electrons. The molecule has 3 aliphatic heterocycles. The molecule has 6 nitrogen and oxygen atoms in total. The second-order valence-corrected chi connectivity index (χ2v) is 12.8. The lowest BCUT2D eigenvalue weighted by Crippen LogP contribution is -2.37. The van der Waals surface area contributed by atoms with Crippen LogP contribution in [0.5, 0.6) is 0 Å². The minimum atomic E-state index is -0.323. The Labute approximate surface area is 259 Å². The van der Waals surface area contributed by atoms with Crippen LogP contribution in [-0.2, 0) is 23.8 Å². The highest BCUT2D eigenvalue weighted by Gasteiger charge is 2.32. The zero-order chi connectivity index (χ0) is 30.4. The molecule has 0 radical (unpaired) electrons. The van der Waals surface area contributed by atoms with Gasteiger partial charge in [0.05, 0.1) is 30.8 Å². The molecular formula is C37H53NO5. The highest BCUT2D eigenvalue weighted by molar-refractivity contribution is 5.90. The summed E-state index contributed by atoms with van der Waals surface area (Å²) in [5.41, 5.74) is 2.20. The van der Waals surface area contributed by atoms with Crippen molar-refractivity contribution < 1.29 is 23.8 Å². The average molecular weight is 592 g/mol. The maximum absolute atomic E-state index is 13.2. The molecule has 2 fully saturated rings. The van der Waals surface area contributed by atoms with Gasteiger partial charge in [0.1, 0.15) is 6.10 Å². The number of cyclic esters (lactones) is 1. The quantitative estimate of drug-likeness (QED) is 0.186. The number of amides is 1. The number of benzene rings is 1. The zero-order valence-corrected chi connectivity index (χ0v) is 26.5. The Hall–Kier alpha value is -2.70. The van der Waals surface area contributed by atoms with E-state index in [1.807, 2.05) is 30.3 Å². The van der Waals surface area contributed by atoms with Gasteiger partial charge in [-0.3, -0.25) is 9.59 Å². The van der Waals surface area contributed by atoms with E-state index in [1.165, 1.54) is 12.0 Å². The van der Waals surface area contributed by atoms with Crippen molar-refractivity contribution in [1.82, 2.24) is 0 Å². The van der Waals surface area contributed by atoms with E-state index in [9.17, 15) is 9.59 Å². The summed E-state index contributed by atoms with van der Waals surface area (Å²) in [6.07, 6.45) is 22.5. The number of hydrogen-bond acceptors (Lipinski definition) is 5. The number of carbonyl (C=O) groups is 2. The molecule has 43 heavy (non-hydrogen) atoms. The fourth-order valence-electron chi connectivity index (χ4n) is 6.53. The second-order valence-electron chi connectivity index (χ2n) is 12.8. The van der Waals surface area contributed by atoms with Crippen molar-refractivity contribution in [3.63, 3.8) is 0 Å². The van der Waals surface area contributed by atoms with E-state index in [0.717, 1.165) is 69.9 Å². The number of nitrogens with one attached hydrogen (secondary N) is 1. The van der Waals surface area contributed by atoms with Gasteiger partial charge in [-0.2, -0.15) is 0 Å². The van der Waals surface area contributed by atoms with Gasteiger partial charge < -0.3 is 19.5 Å². The van der Waals surface area contributed by atoms with Crippen molar-refractivity contribution in [1.29, 1.82) is 0 Å². The van der Waals surface area contributed by atoms with Crippen LogP contribution in [0.15, 0.2) is 66.3 Å². The molecule has 2 saturated heterocycles. The normalized spacial score (nSPS) is 31.6. The number of unbranched alkanes of at least 4 members (excludes halogenated alkanes) is 3. The molecule has 3 heterocycles. The van der Waals surface area contributed by atoms with Gasteiger partial charge in [-0.1, -0.05) is 68.3 Å². The van der Waals surface area contributed by atoms with Crippen LogP contribution in [0.25, 0.3) is 0 Å². The molecule has 0 aromatic heterocycles. The first kappa shape index (κ1) is 33.2. The number of anilines is 1. The molecule has 1 amide bonds. The van der Waals surface area contributed by atoms with E-state index in [4.69, 9.17) is 14.2 Å². The molecule has 4 rings (SSSR count). The Morgan fingerprint density at radius 2 is 1.65 bits per heavy atom. The Bertz CT molecular complexity index is 1100. The number of ether oxygens (including phenoxy) is 3. The number of hydrogen-bond donors (Lipinski definition) is 1. The van der Waals surface area contributed by atoms with Crippen molar-refractivity contribution in [2.24, 2.45) is 11.8 Å². The molecule has 0 spiro atoms. The number of allylic oxidation sites excluding steroid dienone is 3. The molecule has 6 heteroatoms. The van der Waals surface area contributed by atoms with Crippen LogP contribution < -0.4 is 5.32 Å². The van der Waals surface area contributed by atoms with Crippen molar-refractivity contribution in [3.8, 4) is 0 Å². The monoisotopic (exact) mass is 591 g/mol. The first-order chi connectivity index (χ1) is 20.9. The van der Waals surface area contributed by atoms with E-state index < -0.39 is 0 Å². The highest BCUT2D eigenvalue weighted by atomic mass is 16.5. The predicted molar refractivity (Wildman–Crippen MR) is 173 cm³/mol. The summed E-state index contributed by atoms with van der Waals surface area (Å²) < 4.78 is 19.1. The summed E-state index contributed by atoms with van der Waals surface area (Å²) in [7, 11) is 0. The zero-order valence-electron chi connectivity index (χ0n) is 26.5. The van der Waals surface area contributed by atoms with Crippen molar-refractivity contribution in [2.75, 3.05) is 5.32 Å². The molecule has 7 unspecified atom stereocenters. The standard InChI is InChI=1S/C37H53NO5/c1-4-29-23-33-25-32-17-13-16-31(41-32)22-27(2)20-21-28(3)35(43-37(40)26-34(24-29)42-33)18-11-6-5-7-12-19-36(39)38-30-14-9-8-10-15-30/h4,8-11,14-15,18,20-21,27-28,31-35H,5-7,12-13,16-17,19,22-26H2,1-3H3,(H,38,39). The third-order valence-corrected chi connectivity index (χ3v) is 8.95. The minimum Gasteiger partial charge on any atom is -0.457 e. The van der Waals surface area contributed by atoms with Gasteiger partial charge in [0.15, 0.2) is 0 Å². The predicted octanol–water partition coefficient (Wildman–Crippen LogP) is 8.49. The van der Waals surface area contributed by atoms with E-state index in [-0.39, 0.29) is 48.6 Å². The molecule has 4 bridgehead atoms. The second kappa shape index (κ2) is 17.6. The average Bonchev–Trinajstić information content (AvgIpc) is 2.98. The third-order valence-electron chi connectivity index (χ3n) is 8.95. The van der Waals surface area contributed by atoms with Crippen molar-refractivity contribution in [2.45, 2.75) is 135 Å². The van der Waals surface area contributed by atoms with Crippen LogP contribution in [0, 0.1) is 11.8 Å². The largest absolute Gasteiger partial charge is 0.457 e. The van der Waals surface area contributed by atoms with Gasteiger partial charge in [0.25, 0.3) is 0 Å². The Morgan fingerprint density at radius 1 is 0.907 bits per heavy atom. The summed E-state index contributed by atoms with van der Waals surface area (Å²) >= 11 is 0. The van der Waals surface area contributed by atoms with Crippen LogP contribution in [0.4, 0.5) is 5.69 Å². The lowest BCUT2D eigenvalue weighted by molar-refractivity contribution is -0.154. The minimum absolute atomic E-state index is 0.0548. The number of esters is 1. The van der Waals surface area contributed by atoms with Gasteiger partial charge >= 0.3 is 5.97 Å². The van der Waals surface area contributed by atoms with Crippen LogP contribution in [0.3, 0.4) is 0 Å². The summed E-state index contributed by atoms with van der Waals surface area (Å²) in [5.74, 6) is 0.306. The summed E-state index contributed by atoms with van der Waals surface area (Å²) in [4.78, 5) is 25.4. The highest BCUT2D eigenvalue weighted by Crippen LogP contribution is 2.33. The smallest absolute Gasteiger partial charge is 0.309 e. The third kappa shape index (κ3) is 11.7. The molecule has 1 aromatic carbocycles. The van der Waals surface area contributed by atoms with E-state index >= 15 is 0 Å². The fourth-order valence-corrected chi connectivity index (χ4v) is 6.53. The van der Waals surface area contributed by atoms with Gasteiger partial charge in [-0.05, 0) is 88.8 Å².